The summed E-state index contributed by atoms with van der Waals surface area (Å²) < 4.78 is 5.45. The summed E-state index contributed by atoms with van der Waals surface area (Å²) in [6.45, 7) is 5.81. The largest absolute Gasteiger partial charge is 0.366 e. The molecule has 0 radical (unpaired) electrons. The molecule has 1 aromatic carbocycles. The van der Waals surface area contributed by atoms with E-state index in [0.717, 1.165) is 16.5 Å². The number of rotatable bonds is 3. The van der Waals surface area contributed by atoms with Crippen molar-refractivity contribution < 1.29 is 9.53 Å². The van der Waals surface area contributed by atoms with Gasteiger partial charge in [0.05, 0.1) is 5.60 Å². The second kappa shape index (κ2) is 5.36. The van der Waals surface area contributed by atoms with Crippen LogP contribution in [0.2, 0.25) is 0 Å². The highest BCUT2D eigenvalue weighted by molar-refractivity contribution is 6.02. The fourth-order valence-electron chi connectivity index (χ4n) is 1.70. The summed E-state index contributed by atoms with van der Waals surface area (Å²) in [4.78, 5) is 15.9. The SMILES string of the molecule is CC(C)(C)OCC(=O)Nc1cccc2cnccc12. The third kappa shape index (κ3) is 3.76. The molecule has 4 nitrogen and oxygen atoms in total. The van der Waals surface area contributed by atoms with Crippen LogP contribution in [-0.4, -0.2) is 23.1 Å². The normalized spacial score (nSPS) is 11.5. The molecule has 19 heavy (non-hydrogen) atoms. The highest BCUT2D eigenvalue weighted by atomic mass is 16.5. The summed E-state index contributed by atoms with van der Waals surface area (Å²) in [6.07, 6.45) is 3.49. The van der Waals surface area contributed by atoms with Gasteiger partial charge in [-0.05, 0) is 32.9 Å². The highest BCUT2D eigenvalue weighted by Gasteiger charge is 2.13. The number of amides is 1. The molecule has 0 atom stereocenters. The molecule has 0 saturated heterocycles. The molecule has 2 rings (SSSR count). The molecule has 0 aliphatic carbocycles. The van der Waals surface area contributed by atoms with Crippen LogP contribution in [0.1, 0.15) is 20.8 Å². The van der Waals surface area contributed by atoms with E-state index in [2.05, 4.69) is 10.3 Å². The summed E-state index contributed by atoms with van der Waals surface area (Å²) in [5.41, 5.74) is 0.461. The summed E-state index contributed by atoms with van der Waals surface area (Å²) in [6, 6.07) is 7.61. The third-order valence-electron chi connectivity index (χ3n) is 2.59. The Morgan fingerprint density at radius 3 is 2.84 bits per heavy atom. The van der Waals surface area contributed by atoms with E-state index in [1.165, 1.54) is 0 Å². The van der Waals surface area contributed by atoms with Gasteiger partial charge in [-0.3, -0.25) is 9.78 Å². The number of ether oxygens (including phenoxy) is 1. The predicted octanol–water partition coefficient (Wildman–Crippen LogP) is 2.99. The van der Waals surface area contributed by atoms with Crippen LogP contribution in [0, 0.1) is 0 Å². The van der Waals surface area contributed by atoms with E-state index in [9.17, 15) is 4.79 Å². The third-order valence-corrected chi connectivity index (χ3v) is 2.59. The molecule has 0 aliphatic rings. The first-order valence-corrected chi connectivity index (χ1v) is 6.22. The molecule has 1 heterocycles. The van der Waals surface area contributed by atoms with Gasteiger partial charge in [0.1, 0.15) is 6.61 Å². The van der Waals surface area contributed by atoms with Crippen LogP contribution in [0.5, 0.6) is 0 Å². The summed E-state index contributed by atoms with van der Waals surface area (Å²) >= 11 is 0. The molecule has 0 aliphatic heterocycles. The Bertz CT molecular complexity index is 583. The number of carbonyl (C=O) groups excluding carboxylic acids is 1. The molecule has 0 saturated carbocycles. The second-order valence-corrected chi connectivity index (χ2v) is 5.35. The fraction of sp³-hybridized carbons (Fsp3) is 0.333. The summed E-state index contributed by atoms with van der Waals surface area (Å²) in [5.74, 6) is -0.153. The number of nitrogens with one attached hydrogen (secondary N) is 1. The van der Waals surface area contributed by atoms with E-state index in [0.29, 0.717) is 0 Å². The zero-order valence-electron chi connectivity index (χ0n) is 11.4. The van der Waals surface area contributed by atoms with Gasteiger partial charge >= 0.3 is 0 Å². The van der Waals surface area contributed by atoms with E-state index < -0.39 is 0 Å². The Kier molecular flexibility index (Phi) is 3.81. The van der Waals surface area contributed by atoms with Gasteiger partial charge in [-0.1, -0.05) is 12.1 Å². The van der Waals surface area contributed by atoms with Crippen LogP contribution in [0.15, 0.2) is 36.7 Å². The van der Waals surface area contributed by atoms with E-state index in [4.69, 9.17) is 4.74 Å². The molecule has 1 aromatic heterocycles. The van der Waals surface area contributed by atoms with Crippen LogP contribution >= 0.6 is 0 Å². The first kappa shape index (κ1) is 13.5. The number of benzene rings is 1. The molecular weight excluding hydrogens is 240 g/mol. The maximum absolute atomic E-state index is 11.9. The number of nitrogens with zero attached hydrogens (tertiary/aromatic N) is 1. The number of aromatic nitrogens is 1. The number of pyridine rings is 1. The van der Waals surface area contributed by atoms with Crippen LogP contribution < -0.4 is 5.32 Å². The maximum atomic E-state index is 11.9. The summed E-state index contributed by atoms with van der Waals surface area (Å²) in [5, 5.41) is 4.84. The Hall–Kier alpha value is -1.94. The number of hydrogen-bond donors (Lipinski definition) is 1. The Balaban J connectivity index is 2.11. The minimum absolute atomic E-state index is 0.0466. The van der Waals surface area contributed by atoms with Crippen molar-refractivity contribution in [1.82, 2.24) is 4.98 Å². The van der Waals surface area contributed by atoms with Gasteiger partial charge in [-0.2, -0.15) is 0 Å². The van der Waals surface area contributed by atoms with Crippen LogP contribution in [-0.2, 0) is 9.53 Å². The Morgan fingerprint density at radius 2 is 2.11 bits per heavy atom. The lowest BCUT2D eigenvalue weighted by atomic mass is 10.1. The van der Waals surface area contributed by atoms with Crippen molar-refractivity contribution in [3.63, 3.8) is 0 Å². The van der Waals surface area contributed by atoms with Crippen molar-refractivity contribution in [3.8, 4) is 0 Å². The van der Waals surface area contributed by atoms with Gasteiger partial charge in [-0.15, -0.1) is 0 Å². The molecule has 1 amide bonds. The average Bonchev–Trinajstić information content (AvgIpc) is 2.36. The predicted molar refractivity (Wildman–Crippen MR) is 76.1 cm³/mol. The van der Waals surface area contributed by atoms with Gasteiger partial charge in [0.2, 0.25) is 5.91 Å². The van der Waals surface area contributed by atoms with Crippen LogP contribution in [0.25, 0.3) is 10.8 Å². The molecule has 0 bridgehead atoms. The van der Waals surface area contributed by atoms with Crippen molar-refractivity contribution >= 4 is 22.4 Å². The van der Waals surface area contributed by atoms with E-state index >= 15 is 0 Å². The minimum atomic E-state index is -0.319. The van der Waals surface area contributed by atoms with E-state index in [1.54, 1.807) is 12.4 Å². The van der Waals surface area contributed by atoms with Crippen LogP contribution in [0.3, 0.4) is 0 Å². The van der Waals surface area contributed by atoms with E-state index in [1.807, 2.05) is 45.0 Å². The molecule has 0 spiro atoms. The van der Waals surface area contributed by atoms with Gasteiger partial charge in [0.15, 0.2) is 0 Å². The van der Waals surface area contributed by atoms with Crippen molar-refractivity contribution in [2.75, 3.05) is 11.9 Å². The molecule has 1 N–H and O–H groups in total. The van der Waals surface area contributed by atoms with Gasteiger partial charge in [0.25, 0.3) is 0 Å². The fourth-order valence-corrected chi connectivity index (χ4v) is 1.70. The number of anilines is 1. The van der Waals surface area contributed by atoms with Crippen molar-refractivity contribution in [2.24, 2.45) is 0 Å². The molecule has 0 fully saturated rings. The zero-order valence-corrected chi connectivity index (χ0v) is 11.4. The van der Waals surface area contributed by atoms with Gasteiger partial charge in [-0.25, -0.2) is 0 Å². The molecule has 2 aromatic rings. The zero-order chi connectivity index (χ0) is 13.9. The topological polar surface area (TPSA) is 51.2 Å². The van der Waals surface area contributed by atoms with Crippen molar-refractivity contribution in [1.29, 1.82) is 0 Å². The van der Waals surface area contributed by atoms with Crippen LogP contribution in [0.4, 0.5) is 5.69 Å². The average molecular weight is 258 g/mol. The molecule has 0 unspecified atom stereocenters. The lowest BCUT2D eigenvalue weighted by molar-refractivity contribution is -0.125. The number of carbonyl (C=O) groups is 1. The second-order valence-electron chi connectivity index (χ2n) is 5.35. The molecular formula is C15H18N2O2. The van der Waals surface area contributed by atoms with Gasteiger partial charge in [0, 0.05) is 28.9 Å². The minimum Gasteiger partial charge on any atom is -0.366 e. The first-order valence-electron chi connectivity index (χ1n) is 6.22. The van der Waals surface area contributed by atoms with E-state index in [-0.39, 0.29) is 18.1 Å². The summed E-state index contributed by atoms with van der Waals surface area (Å²) in [7, 11) is 0. The maximum Gasteiger partial charge on any atom is 0.250 e. The Morgan fingerprint density at radius 1 is 1.32 bits per heavy atom. The number of hydrogen-bond acceptors (Lipinski definition) is 3. The Labute approximate surface area is 112 Å². The smallest absolute Gasteiger partial charge is 0.250 e. The molecule has 100 valence electrons. The highest BCUT2D eigenvalue weighted by Crippen LogP contribution is 2.22. The van der Waals surface area contributed by atoms with Crippen molar-refractivity contribution in [3.05, 3.63) is 36.7 Å². The standard InChI is InChI=1S/C15H18N2O2/c1-15(2,3)19-10-14(18)17-13-6-4-5-11-9-16-8-7-12(11)13/h4-9H,10H2,1-3H3,(H,17,18). The van der Waals surface area contributed by atoms with Gasteiger partial charge < -0.3 is 10.1 Å². The lowest BCUT2D eigenvalue weighted by Gasteiger charge is -2.19. The monoisotopic (exact) mass is 258 g/mol. The molecule has 4 heteroatoms. The van der Waals surface area contributed by atoms with Crippen molar-refractivity contribution in [2.45, 2.75) is 26.4 Å². The lowest BCUT2D eigenvalue weighted by Crippen LogP contribution is -2.27. The number of fused-ring (bicyclic) bond motifs is 1. The first-order chi connectivity index (χ1) is 8.96. The quantitative estimate of drug-likeness (QED) is 0.920.